The van der Waals surface area contributed by atoms with E-state index in [2.05, 4.69) is 31.3 Å². The molecule has 2 aromatic carbocycles. The van der Waals surface area contributed by atoms with Crippen molar-refractivity contribution in [3.8, 4) is 11.3 Å². The van der Waals surface area contributed by atoms with Crippen LogP contribution in [0.3, 0.4) is 0 Å². The number of rotatable bonds is 5. The zero-order valence-electron chi connectivity index (χ0n) is 16.2. The van der Waals surface area contributed by atoms with Crippen molar-refractivity contribution in [3.05, 3.63) is 83.4 Å². The summed E-state index contributed by atoms with van der Waals surface area (Å²) in [5, 5.41) is 3.94. The summed E-state index contributed by atoms with van der Waals surface area (Å²) in [4.78, 5) is 12.1. The predicted octanol–water partition coefficient (Wildman–Crippen LogP) is 5.08. The van der Waals surface area contributed by atoms with Crippen LogP contribution in [0.2, 0.25) is 0 Å². The number of nitrogens with one attached hydrogen (secondary N) is 1. The van der Waals surface area contributed by atoms with Gasteiger partial charge in [0.1, 0.15) is 17.3 Å². The summed E-state index contributed by atoms with van der Waals surface area (Å²) in [5.41, 5.74) is 5.51. The van der Waals surface area contributed by atoms with E-state index in [0.29, 0.717) is 11.5 Å². The van der Waals surface area contributed by atoms with E-state index in [1.54, 1.807) is 24.3 Å². The molecule has 3 aromatic rings. The topological polar surface area (TPSA) is 54.6 Å². The predicted molar refractivity (Wildman–Crippen MR) is 109 cm³/mol. The van der Waals surface area contributed by atoms with Gasteiger partial charge in [-0.25, -0.2) is 9.82 Å². The molecule has 1 heterocycles. The quantitative estimate of drug-likeness (QED) is 0.497. The molecule has 5 heteroatoms. The van der Waals surface area contributed by atoms with Gasteiger partial charge in [0.15, 0.2) is 0 Å². The third-order valence-electron chi connectivity index (χ3n) is 4.32. The number of halogens is 1. The third-order valence-corrected chi connectivity index (χ3v) is 4.32. The van der Waals surface area contributed by atoms with Gasteiger partial charge >= 0.3 is 0 Å². The Kier molecular flexibility index (Phi) is 5.73. The van der Waals surface area contributed by atoms with E-state index >= 15 is 0 Å². The van der Waals surface area contributed by atoms with Gasteiger partial charge in [-0.2, -0.15) is 5.10 Å². The smallest absolute Gasteiger partial charge is 0.244 e. The monoisotopic (exact) mass is 378 g/mol. The van der Waals surface area contributed by atoms with Crippen molar-refractivity contribution in [3.63, 3.8) is 0 Å². The maximum atomic E-state index is 13.0. The van der Waals surface area contributed by atoms with Crippen molar-refractivity contribution in [1.82, 2.24) is 5.43 Å². The molecule has 0 aliphatic heterocycles. The first kappa shape index (κ1) is 19.5. The van der Waals surface area contributed by atoms with Gasteiger partial charge < -0.3 is 4.42 Å². The van der Waals surface area contributed by atoms with E-state index in [1.807, 2.05) is 24.3 Å². The average molecular weight is 378 g/mol. The first-order valence-corrected chi connectivity index (χ1v) is 9.08. The highest BCUT2D eigenvalue weighted by atomic mass is 19.1. The number of nitrogens with zero attached hydrogens (tertiary/aromatic N) is 1. The largest absolute Gasteiger partial charge is 0.455 e. The minimum Gasteiger partial charge on any atom is -0.455 e. The van der Waals surface area contributed by atoms with E-state index in [4.69, 9.17) is 4.42 Å². The van der Waals surface area contributed by atoms with Gasteiger partial charge in [-0.3, -0.25) is 4.79 Å². The fraction of sp³-hybridized carbons (Fsp3) is 0.217. The Balaban J connectivity index is 1.54. The minimum absolute atomic E-state index is 0.0842. The number of hydrogen-bond donors (Lipinski definition) is 1. The van der Waals surface area contributed by atoms with Gasteiger partial charge in [-0.15, -0.1) is 0 Å². The van der Waals surface area contributed by atoms with Crippen LogP contribution in [-0.4, -0.2) is 12.1 Å². The normalized spacial score (nSPS) is 11.7. The van der Waals surface area contributed by atoms with Crippen LogP contribution in [0, 0.1) is 5.82 Å². The maximum Gasteiger partial charge on any atom is 0.244 e. The molecule has 0 unspecified atom stereocenters. The molecule has 0 saturated heterocycles. The second kappa shape index (κ2) is 8.21. The molecule has 0 atom stereocenters. The van der Waals surface area contributed by atoms with Crippen molar-refractivity contribution in [1.29, 1.82) is 0 Å². The lowest BCUT2D eigenvalue weighted by molar-refractivity contribution is -0.120. The number of carbonyl (C=O) groups excluding carboxylic acids is 1. The molecule has 1 aromatic heterocycles. The standard InChI is InChI=1S/C23H23FN2O2/c1-23(2,3)18-8-4-16(5-9-18)14-22(27)26-25-15-20-12-13-21(28-20)17-6-10-19(24)11-7-17/h4-13,15H,14H2,1-3H3,(H,26,27)/b25-15+. The molecule has 0 aliphatic rings. The van der Waals surface area contributed by atoms with Gasteiger partial charge in [0, 0.05) is 5.56 Å². The summed E-state index contributed by atoms with van der Waals surface area (Å²) in [6.45, 7) is 6.46. The molecule has 4 nitrogen and oxygen atoms in total. The van der Waals surface area contributed by atoms with Gasteiger partial charge in [0.25, 0.3) is 0 Å². The minimum atomic E-state index is -0.298. The molecule has 144 valence electrons. The fourth-order valence-electron chi connectivity index (χ4n) is 2.71. The second-order valence-corrected chi connectivity index (χ2v) is 7.63. The van der Waals surface area contributed by atoms with E-state index in [9.17, 15) is 9.18 Å². The number of benzene rings is 2. The molecule has 3 rings (SSSR count). The highest BCUT2D eigenvalue weighted by Gasteiger charge is 2.13. The van der Waals surface area contributed by atoms with Crippen LogP contribution >= 0.6 is 0 Å². The summed E-state index contributed by atoms with van der Waals surface area (Å²) in [7, 11) is 0. The van der Waals surface area contributed by atoms with Crippen LogP contribution < -0.4 is 5.43 Å². The zero-order valence-corrected chi connectivity index (χ0v) is 16.2. The number of carbonyl (C=O) groups is 1. The Morgan fingerprint density at radius 3 is 2.36 bits per heavy atom. The van der Waals surface area contributed by atoms with E-state index < -0.39 is 0 Å². The van der Waals surface area contributed by atoms with Crippen molar-refractivity contribution < 1.29 is 13.6 Å². The van der Waals surface area contributed by atoms with E-state index in [1.165, 1.54) is 23.9 Å². The molecule has 0 saturated carbocycles. The van der Waals surface area contributed by atoms with Crippen LogP contribution in [0.5, 0.6) is 0 Å². The lowest BCUT2D eigenvalue weighted by Crippen LogP contribution is -2.20. The third kappa shape index (κ3) is 5.16. The molecule has 0 spiro atoms. The van der Waals surface area contributed by atoms with Crippen LogP contribution in [-0.2, 0) is 16.6 Å². The van der Waals surface area contributed by atoms with Crippen molar-refractivity contribution in [2.45, 2.75) is 32.6 Å². The molecule has 1 amide bonds. The Labute approximate surface area is 164 Å². The molecule has 0 fully saturated rings. The molecular formula is C23H23FN2O2. The molecule has 0 bridgehead atoms. The summed E-state index contributed by atoms with van der Waals surface area (Å²) < 4.78 is 18.6. The molecule has 28 heavy (non-hydrogen) atoms. The number of amides is 1. The van der Waals surface area contributed by atoms with Gasteiger partial charge in [0.2, 0.25) is 5.91 Å². The molecule has 0 radical (unpaired) electrons. The Morgan fingerprint density at radius 2 is 1.71 bits per heavy atom. The summed E-state index contributed by atoms with van der Waals surface area (Å²) in [6.07, 6.45) is 1.69. The van der Waals surface area contributed by atoms with E-state index in [-0.39, 0.29) is 23.6 Å². The lowest BCUT2D eigenvalue weighted by Gasteiger charge is -2.19. The van der Waals surface area contributed by atoms with E-state index in [0.717, 1.165) is 11.1 Å². The van der Waals surface area contributed by atoms with Crippen LogP contribution in [0.4, 0.5) is 4.39 Å². The Morgan fingerprint density at radius 1 is 1.04 bits per heavy atom. The van der Waals surface area contributed by atoms with Crippen molar-refractivity contribution >= 4 is 12.1 Å². The SMILES string of the molecule is CC(C)(C)c1ccc(CC(=O)N/N=C/c2ccc(-c3ccc(F)cc3)o2)cc1. The molecular weight excluding hydrogens is 355 g/mol. The number of hydrogen-bond acceptors (Lipinski definition) is 3. The maximum absolute atomic E-state index is 13.0. The first-order valence-electron chi connectivity index (χ1n) is 9.08. The molecule has 0 aliphatic carbocycles. The zero-order chi connectivity index (χ0) is 20.1. The first-order chi connectivity index (χ1) is 13.3. The fourth-order valence-corrected chi connectivity index (χ4v) is 2.71. The van der Waals surface area contributed by atoms with Crippen LogP contribution in [0.15, 0.2) is 70.2 Å². The lowest BCUT2D eigenvalue weighted by atomic mass is 9.86. The van der Waals surface area contributed by atoms with Crippen molar-refractivity contribution in [2.24, 2.45) is 5.10 Å². The Hall–Kier alpha value is -3.21. The number of hydrazone groups is 1. The summed E-state index contributed by atoms with van der Waals surface area (Å²) in [5.74, 6) is 0.596. The van der Waals surface area contributed by atoms with Gasteiger partial charge in [-0.05, 0) is 52.9 Å². The highest BCUT2D eigenvalue weighted by molar-refractivity contribution is 5.82. The molecule has 1 N–H and O–H groups in total. The van der Waals surface area contributed by atoms with Crippen LogP contribution in [0.25, 0.3) is 11.3 Å². The highest BCUT2D eigenvalue weighted by Crippen LogP contribution is 2.23. The number of furan rings is 1. The van der Waals surface area contributed by atoms with Gasteiger partial charge in [-0.1, -0.05) is 45.0 Å². The van der Waals surface area contributed by atoms with Crippen molar-refractivity contribution in [2.75, 3.05) is 0 Å². The summed E-state index contributed by atoms with van der Waals surface area (Å²) in [6, 6.07) is 17.6. The Bertz CT molecular complexity index is 965. The van der Waals surface area contributed by atoms with Gasteiger partial charge in [0.05, 0.1) is 12.6 Å². The van der Waals surface area contributed by atoms with Crippen LogP contribution in [0.1, 0.15) is 37.7 Å². The second-order valence-electron chi connectivity index (χ2n) is 7.63. The average Bonchev–Trinajstić information content (AvgIpc) is 3.11. The summed E-state index contributed by atoms with van der Waals surface area (Å²) >= 11 is 0.